The number of carbonyl (C=O) groups excluding carboxylic acids is 1. The maximum atomic E-state index is 13.6. The molecule has 4 rings (SSSR count). The van der Waals surface area contributed by atoms with Gasteiger partial charge in [-0.05, 0) is 44.1 Å². The molecule has 164 valence electrons. The molecule has 0 N–H and O–H groups in total. The van der Waals surface area contributed by atoms with Crippen LogP contribution in [0.2, 0.25) is 0 Å². The van der Waals surface area contributed by atoms with Crippen molar-refractivity contribution in [3.8, 4) is 0 Å². The highest BCUT2D eigenvalue weighted by Crippen LogP contribution is 2.55. The summed E-state index contributed by atoms with van der Waals surface area (Å²) in [7, 11) is 1.71. The van der Waals surface area contributed by atoms with Gasteiger partial charge in [0.05, 0.1) is 12.2 Å². The van der Waals surface area contributed by atoms with Crippen molar-refractivity contribution in [2.45, 2.75) is 66.0 Å². The first-order valence-corrected chi connectivity index (χ1v) is 11.2. The molecular weight excluding hydrogens is 378 g/mol. The van der Waals surface area contributed by atoms with E-state index in [2.05, 4.69) is 45.0 Å². The third kappa shape index (κ3) is 3.57. The average molecular weight is 414 g/mol. The smallest absolute Gasteiger partial charge is 0.255 e. The van der Waals surface area contributed by atoms with Gasteiger partial charge in [0.25, 0.3) is 5.91 Å². The highest BCUT2D eigenvalue weighted by Gasteiger charge is 2.53. The summed E-state index contributed by atoms with van der Waals surface area (Å²) in [5.41, 5.74) is 3.13. The molecule has 1 aliphatic carbocycles. The van der Waals surface area contributed by atoms with E-state index in [0.29, 0.717) is 12.5 Å². The molecule has 1 unspecified atom stereocenters. The maximum absolute atomic E-state index is 13.6. The third-order valence-corrected chi connectivity index (χ3v) is 7.13. The predicted molar refractivity (Wildman–Crippen MR) is 116 cm³/mol. The molecule has 2 aliphatic rings. The number of likely N-dealkylation sites (tertiary alicyclic amines) is 1. The first-order chi connectivity index (χ1) is 14.4. The predicted octanol–water partition coefficient (Wildman–Crippen LogP) is 3.41. The molecule has 2 aromatic rings. The Labute approximate surface area is 179 Å². The summed E-state index contributed by atoms with van der Waals surface area (Å²) in [5.74, 6) is 2.02. The fourth-order valence-electron chi connectivity index (χ4n) is 5.40. The lowest BCUT2D eigenvalue weighted by molar-refractivity contribution is 0.0722. The lowest BCUT2D eigenvalue weighted by Gasteiger charge is -2.42. The highest BCUT2D eigenvalue weighted by molar-refractivity contribution is 5.96. The number of ether oxygens (including phenoxy) is 1. The second-order valence-electron chi connectivity index (χ2n) is 9.62. The van der Waals surface area contributed by atoms with Gasteiger partial charge in [-0.15, -0.1) is 10.2 Å². The summed E-state index contributed by atoms with van der Waals surface area (Å²) in [6, 6.07) is 2.04. The minimum absolute atomic E-state index is 0.149. The van der Waals surface area contributed by atoms with E-state index in [1.54, 1.807) is 7.11 Å². The Hall–Kier alpha value is -2.15. The Morgan fingerprint density at radius 3 is 2.73 bits per heavy atom. The molecular formula is C23H35N5O2. The largest absolute Gasteiger partial charge is 0.383 e. The molecule has 2 aromatic heterocycles. The van der Waals surface area contributed by atoms with E-state index in [1.165, 1.54) is 19.3 Å². The summed E-state index contributed by atoms with van der Waals surface area (Å²) in [5, 5.41) is 8.75. The number of rotatable bonds is 7. The van der Waals surface area contributed by atoms with E-state index >= 15 is 0 Å². The van der Waals surface area contributed by atoms with E-state index in [0.717, 1.165) is 49.0 Å². The van der Waals surface area contributed by atoms with Crippen LogP contribution in [0.1, 0.15) is 66.6 Å². The van der Waals surface area contributed by atoms with Crippen LogP contribution in [0.3, 0.4) is 0 Å². The van der Waals surface area contributed by atoms with Gasteiger partial charge in [-0.3, -0.25) is 4.79 Å². The van der Waals surface area contributed by atoms with Crippen LogP contribution in [0.4, 0.5) is 0 Å². The van der Waals surface area contributed by atoms with E-state index in [4.69, 9.17) is 4.74 Å². The molecule has 7 nitrogen and oxygen atoms in total. The monoisotopic (exact) mass is 413 g/mol. The average Bonchev–Trinajstić information content (AvgIpc) is 3.35. The fourth-order valence-corrected chi connectivity index (χ4v) is 5.40. The Morgan fingerprint density at radius 1 is 1.33 bits per heavy atom. The minimum Gasteiger partial charge on any atom is -0.383 e. The maximum Gasteiger partial charge on any atom is 0.255 e. The normalized spacial score (nSPS) is 20.3. The van der Waals surface area contributed by atoms with E-state index in [-0.39, 0.29) is 17.2 Å². The van der Waals surface area contributed by atoms with Crippen molar-refractivity contribution in [3.05, 3.63) is 35.2 Å². The molecule has 1 saturated carbocycles. The summed E-state index contributed by atoms with van der Waals surface area (Å²) in [6.45, 7) is 12.4. The molecule has 2 fully saturated rings. The molecule has 0 bridgehead atoms. The SMILES string of the molecule is COCCn1c(C)cc(C(=O)N2CC(c3nncn3CC(C)C)C3(CCC3)C2)c1C. The Balaban J connectivity index is 1.59. The van der Waals surface area contributed by atoms with Gasteiger partial charge in [0.1, 0.15) is 12.2 Å². The zero-order chi connectivity index (χ0) is 21.5. The molecule has 0 radical (unpaired) electrons. The van der Waals surface area contributed by atoms with Crippen LogP contribution in [0.5, 0.6) is 0 Å². The third-order valence-electron chi connectivity index (χ3n) is 7.13. The molecule has 1 spiro atoms. The first kappa shape index (κ1) is 21.1. The van der Waals surface area contributed by atoms with Crippen LogP contribution in [-0.2, 0) is 17.8 Å². The number of carbonyl (C=O) groups is 1. The van der Waals surface area contributed by atoms with E-state index in [1.807, 2.05) is 19.3 Å². The van der Waals surface area contributed by atoms with Gasteiger partial charge in [0, 0.05) is 50.6 Å². The number of amides is 1. The lowest BCUT2D eigenvalue weighted by Crippen LogP contribution is -2.38. The molecule has 7 heteroatoms. The van der Waals surface area contributed by atoms with Crippen LogP contribution in [0.15, 0.2) is 12.4 Å². The Bertz CT molecular complexity index is 909. The summed E-state index contributed by atoms with van der Waals surface area (Å²) < 4.78 is 9.63. The van der Waals surface area contributed by atoms with Gasteiger partial charge >= 0.3 is 0 Å². The van der Waals surface area contributed by atoms with Gasteiger partial charge in [0.15, 0.2) is 0 Å². The van der Waals surface area contributed by atoms with Crippen molar-refractivity contribution < 1.29 is 9.53 Å². The molecule has 1 aliphatic heterocycles. The van der Waals surface area contributed by atoms with Crippen molar-refractivity contribution in [3.63, 3.8) is 0 Å². The highest BCUT2D eigenvalue weighted by atomic mass is 16.5. The standard InChI is InChI=1S/C23H35N5O2/c1-16(2)12-27-15-24-25-21(27)20-13-26(14-23(20)7-6-8-23)22(29)19-11-17(3)28(18(19)4)9-10-30-5/h11,15-16,20H,6-10,12-14H2,1-5H3. The number of aryl methyl sites for hydroxylation is 1. The van der Waals surface area contributed by atoms with Crippen LogP contribution in [0.25, 0.3) is 0 Å². The van der Waals surface area contributed by atoms with Gasteiger partial charge in [-0.1, -0.05) is 20.3 Å². The van der Waals surface area contributed by atoms with Crippen molar-refractivity contribution in [1.29, 1.82) is 0 Å². The zero-order valence-corrected chi connectivity index (χ0v) is 19.0. The fraction of sp³-hybridized carbons (Fsp3) is 0.696. The lowest BCUT2D eigenvalue weighted by atomic mass is 9.62. The van der Waals surface area contributed by atoms with Crippen LogP contribution in [-0.4, -0.2) is 56.9 Å². The minimum atomic E-state index is 0.149. The van der Waals surface area contributed by atoms with Crippen molar-refractivity contribution in [2.24, 2.45) is 11.3 Å². The Morgan fingerprint density at radius 2 is 2.10 bits per heavy atom. The van der Waals surface area contributed by atoms with Crippen molar-refractivity contribution >= 4 is 5.91 Å². The first-order valence-electron chi connectivity index (χ1n) is 11.2. The van der Waals surface area contributed by atoms with Crippen molar-refractivity contribution in [2.75, 3.05) is 26.8 Å². The van der Waals surface area contributed by atoms with E-state index in [9.17, 15) is 4.79 Å². The topological polar surface area (TPSA) is 65.2 Å². The number of aromatic nitrogens is 4. The molecule has 1 saturated heterocycles. The molecule has 3 heterocycles. The van der Waals surface area contributed by atoms with Gasteiger partial charge in [-0.2, -0.15) is 0 Å². The second kappa shape index (κ2) is 8.17. The van der Waals surface area contributed by atoms with Gasteiger partial charge in [-0.25, -0.2) is 0 Å². The molecule has 1 amide bonds. The summed E-state index contributed by atoms with van der Waals surface area (Å²) >= 11 is 0. The van der Waals surface area contributed by atoms with Crippen LogP contribution in [0, 0.1) is 25.2 Å². The summed E-state index contributed by atoms with van der Waals surface area (Å²) in [6.07, 6.45) is 5.43. The molecule has 1 atom stereocenters. The molecule has 0 aromatic carbocycles. The van der Waals surface area contributed by atoms with Gasteiger partial charge < -0.3 is 18.8 Å². The quantitative estimate of drug-likeness (QED) is 0.698. The molecule has 30 heavy (non-hydrogen) atoms. The van der Waals surface area contributed by atoms with Crippen molar-refractivity contribution in [1.82, 2.24) is 24.2 Å². The second-order valence-corrected chi connectivity index (χ2v) is 9.62. The van der Waals surface area contributed by atoms with E-state index < -0.39 is 0 Å². The number of methoxy groups -OCH3 is 1. The van der Waals surface area contributed by atoms with Crippen LogP contribution < -0.4 is 0 Å². The zero-order valence-electron chi connectivity index (χ0n) is 19.0. The number of hydrogen-bond acceptors (Lipinski definition) is 4. The summed E-state index contributed by atoms with van der Waals surface area (Å²) in [4.78, 5) is 15.6. The van der Waals surface area contributed by atoms with Gasteiger partial charge in [0.2, 0.25) is 0 Å². The number of nitrogens with zero attached hydrogens (tertiary/aromatic N) is 5. The Kier molecular flexibility index (Phi) is 5.75. The van der Waals surface area contributed by atoms with Crippen LogP contribution >= 0.6 is 0 Å². The number of hydrogen-bond donors (Lipinski definition) is 0.